The standard InChI is InChI=1S/C29H37F2N5O2/c1-3-4-18(2)33-29-32-16-25-26(17-36(27(25)34-29)23-5-7-24(37)8-6-23)19-9-11-35(12-10-19)28(38)20-13-21(30)15-22(31)14-20/h13-19,23-24,37H,3-12H2,1-2H3,(H,32,33,34). The molecule has 1 amide bonds. The number of amides is 1. The van der Waals surface area contributed by atoms with E-state index in [0.717, 1.165) is 80.6 Å². The van der Waals surface area contributed by atoms with Crippen molar-refractivity contribution >= 4 is 22.9 Å². The number of likely N-dealkylation sites (tertiary alicyclic amines) is 1. The van der Waals surface area contributed by atoms with Gasteiger partial charge in [0.15, 0.2) is 0 Å². The van der Waals surface area contributed by atoms with Gasteiger partial charge in [-0.05, 0) is 75.5 Å². The third kappa shape index (κ3) is 5.67. The monoisotopic (exact) mass is 525 g/mol. The molecule has 5 rings (SSSR count). The number of carbonyl (C=O) groups is 1. The maximum atomic E-state index is 13.7. The van der Waals surface area contributed by atoms with Crippen LogP contribution >= 0.6 is 0 Å². The Hall–Kier alpha value is -3.07. The number of nitrogens with zero attached hydrogens (tertiary/aromatic N) is 4. The minimum Gasteiger partial charge on any atom is -0.393 e. The molecular weight excluding hydrogens is 488 g/mol. The first-order chi connectivity index (χ1) is 18.3. The molecule has 1 aromatic carbocycles. The van der Waals surface area contributed by atoms with Gasteiger partial charge in [0.05, 0.1) is 6.10 Å². The summed E-state index contributed by atoms with van der Waals surface area (Å²) >= 11 is 0. The second-order valence-corrected chi connectivity index (χ2v) is 10.9. The van der Waals surface area contributed by atoms with Crippen LogP contribution in [0.3, 0.4) is 0 Å². The molecule has 1 saturated heterocycles. The van der Waals surface area contributed by atoms with Crippen molar-refractivity contribution in [3.05, 3.63) is 53.4 Å². The topological polar surface area (TPSA) is 83.3 Å². The number of piperidine rings is 1. The van der Waals surface area contributed by atoms with Crippen LogP contribution in [0.25, 0.3) is 11.0 Å². The summed E-state index contributed by atoms with van der Waals surface area (Å²) in [5.41, 5.74) is 2.14. The van der Waals surface area contributed by atoms with Gasteiger partial charge in [0.25, 0.3) is 5.91 Å². The van der Waals surface area contributed by atoms with E-state index in [4.69, 9.17) is 4.98 Å². The highest BCUT2D eigenvalue weighted by Crippen LogP contribution is 2.38. The fourth-order valence-electron chi connectivity index (χ4n) is 6.04. The average molecular weight is 526 g/mol. The number of rotatable bonds is 7. The molecule has 1 saturated carbocycles. The number of aliphatic hydroxyl groups excluding tert-OH is 1. The number of hydrogen-bond acceptors (Lipinski definition) is 5. The quantitative estimate of drug-likeness (QED) is 0.407. The van der Waals surface area contributed by atoms with Crippen LogP contribution in [0.1, 0.15) is 93.1 Å². The van der Waals surface area contributed by atoms with Crippen LogP contribution in [0, 0.1) is 11.6 Å². The van der Waals surface area contributed by atoms with Crippen LogP contribution in [0.4, 0.5) is 14.7 Å². The van der Waals surface area contributed by atoms with Gasteiger partial charge in [0.1, 0.15) is 17.3 Å². The Labute approximate surface area is 222 Å². The zero-order valence-electron chi connectivity index (χ0n) is 22.2. The lowest BCUT2D eigenvalue weighted by atomic mass is 9.89. The van der Waals surface area contributed by atoms with Crippen molar-refractivity contribution in [2.45, 2.75) is 89.3 Å². The molecular formula is C29H37F2N5O2. The van der Waals surface area contributed by atoms with Crippen molar-refractivity contribution in [3.8, 4) is 0 Å². The van der Waals surface area contributed by atoms with Gasteiger partial charge < -0.3 is 19.9 Å². The van der Waals surface area contributed by atoms with Gasteiger partial charge in [-0.3, -0.25) is 4.79 Å². The van der Waals surface area contributed by atoms with Gasteiger partial charge in [0, 0.05) is 54.6 Å². The molecule has 1 unspecified atom stereocenters. The smallest absolute Gasteiger partial charge is 0.254 e. The number of halogens is 2. The van der Waals surface area contributed by atoms with Crippen LogP contribution in [0.15, 0.2) is 30.6 Å². The van der Waals surface area contributed by atoms with Crippen LogP contribution in [0.5, 0.6) is 0 Å². The van der Waals surface area contributed by atoms with E-state index in [0.29, 0.717) is 19.0 Å². The van der Waals surface area contributed by atoms with E-state index in [1.54, 1.807) is 4.90 Å². The molecule has 2 N–H and O–H groups in total. The lowest BCUT2D eigenvalue weighted by Crippen LogP contribution is -2.38. The summed E-state index contributed by atoms with van der Waals surface area (Å²) in [6.07, 6.45) is 10.9. The normalized spacial score (nSPS) is 21.6. The van der Waals surface area contributed by atoms with Crippen molar-refractivity contribution in [2.75, 3.05) is 18.4 Å². The van der Waals surface area contributed by atoms with Gasteiger partial charge in [-0.1, -0.05) is 13.3 Å². The number of benzene rings is 1. The third-order valence-corrected chi connectivity index (χ3v) is 8.09. The van der Waals surface area contributed by atoms with E-state index < -0.39 is 11.6 Å². The van der Waals surface area contributed by atoms with Gasteiger partial charge in [-0.25, -0.2) is 13.8 Å². The Kier molecular flexibility index (Phi) is 7.93. The number of hydrogen-bond donors (Lipinski definition) is 2. The Morgan fingerprint density at radius 3 is 2.45 bits per heavy atom. The molecule has 1 aliphatic carbocycles. The van der Waals surface area contributed by atoms with Crippen LogP contribution < -0.4 is 5.32 Å². The minimum atomic E-state index is -0.746. The van der Waals surface area contributed by atoms with Crippen LogP contribution in [-0.4, -0.2) is 55.7 Å². The summed E-state index contributed by atoms with van der Waals surface area (Å²) in [6, 6.07) is 3.51. The summed E-state index contributed by atoms with van der Waals surface area (Å²) in [7, 11) is 0. The van der Waals surface area contributed by atoms with Crippen molar-refractivity contribution in [1.29, 1.82) is 0 Å². The molecule has 7 nitrogen and oxygen atoms in total. The highest BCUT2D eigenvalue weighted by Gasteiger charge is 2.30. The van der Waals surface area contributed by atoms with Crippen LogP contribution in [-0.2, 0) is 0 Å². The molecule has 38 heavy (non-hydrogen) atoms. The highest BCUT2D eigenvalue weighted by molar-refractivity contribution is 5.94. The van der Waals surface area contributed by atoms with Crippen molar-refractivity contribution < 1.29 is 18.7 Å². The van der Waals surface area contributed by atoms with Crippen molar-refractivity contribution in [3.63, 3.8) is 0 Å². The molecule has 3 aromatic rings. The summed E-state index contributed by atoms with van der Waals surface area (Å²) in [4.78, 5) is 24.2. The van der Waals surface area contributed by atoms with E-state index in [2.05, 4.69) is 34.9 Å². The van der Waals surface area contributed by atoms with E-state index in [1.807, 2.05) is 6.20 Å². The molecule has 9 heteroatoms. The molecule has 0 bridgehead atoms. The first kappa shape index (κ1) is 26.5. The molecule has 1 aliphatic heterocycles. The summed E-state index contributed by atoms with van der Waals surface area (Å²) in [5, 5.41) is 14.5. The fourth-order valence-corrected chi connectivity index (χ4v) is 6.04. The summed E-state index contributed by atoms with van der Waals surface area (Å²) < 4.78 is 29.6. The first-order valence-corrected chi connectivity index (χ1v) is 13.9. The number of fused-ring (bicyclic) bond motifs is 1. The van der Waals surface area contributed by atoms with Gasteiger partial charge in [-0.2, -0.15) is 4.98 Å². The third-order valence-electron chi connectivity index (χ3n) is 8.09. The largest absolute Gasteiger partial charge is 0.393 e. The number of anilines is 1. The summed E-state index contributed by atoms with van der Waals surface area (Å²) in [6.45, 7) is 5.32. The molecule has 204 valence electrons. The maximum Gasteiger partial charge on any atom is 0.254 e. The first-order valence-electron chi connectivity index (χ1n) is 13.9. The Balaban J connectivity index is 1.38. The lowest BCUT2D eigenvalue weighted by molar-refractivity contribution is 0.0712. The Bertz CT molecular complexity index is 1260. The number of aliphatic hydroxyl groups is 1. The minimum absolute atomic E-state index is 0.0442. The van der Waals surface area contributed by atoms with Crippen LogP contribution in [0.2, 0.25) is 0 Å². The van der Waals surface area contributed by atoms with E-state index in [1.165, 1.54) is 5.56 Å². The predicted octanol–water partition coefficient (Wildman–Crippen LogP) is 5.81. The lowest BCUT2D eigenvalue weighted by Gasteiger charge is -2.32. The predicted molar refractivity (Wildman–Crippen MR) is 143 cm³/mol. The van der Waals surface area contributed by atoms with E-state index in [9.17, 15) is 18.7 Å². The Morgan fingerprint density at radius 1 is 1.11 bits per heavy atom. The second kappa shape index (κ2) is 11.4. The highest BCUT2D eigenvalue weighted by atomic mass is 19.1. The summed E-state index contributed by atoms with van der Waals surface area (Å²) in [5.74, 6) is -0.982. The molecule has 1 atom stereocenters. The van der Waals surface area contributed by atoms with Crippen molar-refractivity contribution in [2.24, 2.45) is 0 Å². The maximum absolute atomic E-state index is 13.7. The second-order valence-electron chi connectivity index (χ2n) is 10.9. The Morgan fingerprint density at radius 2 is 1.79 bits per heavy atom. The van der Waals surface area contributed by atoms with E-state index >= 15 is 0 Å². The molecule has 3 heterocycles. The average Bonchev–Trinajstić information content (AvgIpc) is 3.27. The molecule has 0 spiro atoms. The zero-order valence-corrected chi connectivity index (χ0v) is 22.2. The SMILES string of the molecule is CCCC(C)Nc1ncc2c(C3CCN(C(=O)c4cc(F)cc(F)c4)CC3)cn(C3CCC(O)CC3)c2n1. The number of carbonyl (C=O) groups excluding carboxylic acids is 1. The number of aromatic nitrogens is 3. The van der Waals surface area contributed by atoms with Gasteiger partial charge >= 0.3 is 0 Å². The number of nitrogens with one attached hydrogen (secondary N) is 1. The molecule has 2 aromatic heterocycles. The zero-order chi connectivity index (χ0) is 26.8. The van der Waals surface area contributed by atoms with Gasteiger partial charge in [0.2, 0.25) is 5.95 Å². The molecule has 0 radical (unpaired) electrons. The van der Waals surface area contributed by atoms with E-state index in [-0.39, 0.29) is 35.6 Å². The molecule has 2 aliphatic rings. The van der Waals surface area contributed by atoms with Crippen molar-refractivity contribution in [1.82, 2.24) is 19.4 Å². The van der Waals surface area contributed by atoms with Gasteiger partial charge in [-0.15, -0.1) is 0 Å². The fraction of sp³-hybridized carbons (Fsp3) is 0.552. The molecule has 2 fully saturated rings.